The van der Waals surface area contributed by atoms with Gasteiger partial charge in [-0.3, -0.25) is 14.4 Å². The largest absolute Gasteiger partial charge is 0.316 e. The molecule has 2 aromatic rings. The predicted molar refractivity (Wildman–Crippen MR) is 71.5 cm³/mol. The molecule has 0 spiro atoms. The molecule has 2 rings (SSSR count). The van der Waals surface area contributed by atoms with Crippen molar-refractivity contribution < 1.29 is 4.79 Å². The summed E-state index contributed by atoms with van der Waals surface area (Å²) >= 11 is 0. The highest BCUT2D eigenvalue weighted by Gasteiger charge is 2.09. The first-order valence-corrected chi connectivity index (χ1v) is 5.85. The van der Waals surface area contributed by atoms with Crippen LogP contribution in [0.3, 0.4) is 0 Å². The lowest BCUT2D eigenvalue weighted by Gasteiger charge is -2.06. The lowest BCUT2D eigenvalue weighted by molar-refractivity contribution is 0.0970. The molecule has 1 aromatic carbocycles. The van der Waals surface area contributed by atoms with E-state index in [9.17, 15) is 14.4 Å². The zero-order valence-corrected chi connectivity index (χ0v) is 10.8. The maximum atomic E-state index is 12.0. The van der Waals surface area contributed by atoms with Gasteiger partial charge in [-0.2, -0.15) is 0 Å². The highest BCUT2D eigenvalue weighted by atomic mass is 16.2. The molecule has 5 nitrogen and oxygen atoms in total. The monoisotopic (exact) mass is 258 g/mol. The number of benzene rings is 1. The molecule has 0 unspecified atom stereocenters. The number of nitrogens with zero attached hydrogens (tertiary/aromatic N) is 2. The average Bonchev–Trinajstić information content (AvgIpc) is 2.39. The van der Waals surface area contributed by atoms with Crippen molar-refractivity contribution in [3.8, 4) is 0 Å². The van der Waals surface area contributed by atoms with Gasteiger partial charge in [0.2, 0.25) is 0 Å². The number of aromatic nitrogens is 2. The van der Waals surface area contributed by atoms with Crippen LogP contribution in [-0.4, -0.2) is 14.9 Å². The van der Waals surface area contributed by atoms with E-state index >= 15 is 0 Å². The minimum Gasteiger partial charge on any atom is -0.312 e. The smallest absolute Gasteiger partial charge is 0.312 e. The van der Waals surface area contributed by atoms with Gasteiger partial charge < -0.3 is 9.13 Å². The van der Waals surface area contributed by atoms with E-state index in [0.717, 1.165) is 10.1 Å². The molecular weight excluding hydrogens is 244 g/mol. The van der Waals surface area contributed by atoms with Gasteiger partial charge >= 0.3 is 11.1 Å². The van der Waals surface area contributed by atoms with Gasteiger partial charge in [0.05, 0.1) is 6.54 Å². The topological polar surface area (TPSA) is 61.1 Å². The van der Waals surface area contributed by atoms with Gasteiger partial charge in [-0.15, -0.1) is 0 Å². The van der Waals surface area contributed by atoms with Crippen molar-refractivity contribution in [2.45, 2.75) is 13.5 Å². The summed E-state index contributed by atoms with van der Waals surface area (Å²) in [4.78, 5) is 35.2. The molecule has 0 fully saturated rings. The fourth-order valence-electron chi connectivity index (χ4n) is 1.78. The Labute approximate surface area is 109 Å². The van der Waals surface area contributed by atoms with Crippen molar-refractivity contribution in [2.75, 3.05) is 0 Å². The van der Waals surface area contributed by atoms with E-state index in [1.165, 1.54) is 24.0 Å². The average molecular weight is 258 g/mol. The number of rotatable bonds is 3. The second kappa shape index (κ2) is 5.06. The molecule has 0 saturated carbocycles. The Bertz CT molecular complexity index is 741. The normalized spacial score (nSPS) is 10.4. The van der Waals surface area contributed by atoms with Crippen LogP contribution in [0.1, 0.15) is 15.9 Å². The number of carbonyl (C=O) groups excluding carboxylic acids is 1. The summed E-state index contributed by atoms with van der Waals surface area (Å²) in [5, 5.41) is 0. The minimum atomic E-state index is -0.689. The van der Waals surface area contributed by atoms with Crippen molar-refractivity contribution in [3.63, 3.8) is 0 Å². The van der Waals surface area contributed by atoms with E-state index in [0.29, 0.717) is 5.56 Å². The molecule has 19 heavy (non-hydrogen) atoms. The minimum absolute atomic E-state index is 0.127. The Balaban J connectivity index is 2.32. The molecule has 0 aliphatic heterocycles. The quantitative estimate of drug-likeness (QED) is 0.602. The molecule has 0 bridgehead atoms. The number of aryl methyl sites for hydroxylation is 2. The Hall–Kier alpha value is -2.43. The summed E-state index contributed by atoms with van der Waals surface area (Å²) in [6, 6.07) is 7.13. The summed E-state index contributed by atoms with van der Waals surface area (Å²) in [5.41, 5.74) is 0.181. The molecule has 5 heteroatoms. The Kier molecular flexibility index (Phi) is 3.46. The van der Waals surface area contributed by atoms with Gasteiger partial charge in [-0.1, -0.05) is 23.8 Å². The van der Waals surface area contributed by atoms with E-state index in [1.54, 1.807) is 18.2 Å². The van der Waals surface area contributed by atoms with Crippen molar-refractivity contribution in [1.82, 2.24) is 9.13 Å². The SMILES string of the molecule is Cc1cccc(C(=O)Cn2ccn(C)c(=O)c2=O)c1. The van der Waals surface area contributed by atoms with Crippen molar-refractivity contribution in [1.29, 1.82) is 0 Å². The van der Waals surface area contributed by atoms with Crippen molar-refractivity contribution in [3.05, 3.63) is 68.5 Å². The third-order valence-corrected chi connectivity index (χ3v) is 2.89. The van der Waals surface area contributed by atoms with Gasteiger partial charge in [0.1, 0.15) is 0 Å². The van der Waals surface area contributed by atoms with Crippen LogP contribution in [-0.2, 0) is 13.6 Å². The van der Waals surface area contributed by atoms with Crippen molar-refractivity contribution in [2.24, 2.45) is 7.05 Å². The molecule has 0 N–H and O–H groups in total. The van der Waals surface area contributed by atoms with Crippen LogP contribution in [0.5, 0.6) is 0 Å². The Morgan fingerprint density at radius 3 is 2.58 bits per heavy atom. The summed E-state index contributed by atoms with van der Waals surface area (Å²) in [6.07, 6.45) is 2.91. The van der Waals surface area contributed by atoms with Crippen LogP contribution in [0.15, 0.2) is 46.2 Å². The van der Waals surface area contributed by atoms with E-state index in [4.69, 9.17) is 0 Å². The van der Waals surface area contributed by atoms with E-state index in [-0.39, 0.29) is 12.3 Å². The zero-order valence-electron chi connectivity index (χ0n) is 10.8. The molecule has 0 saturated heterocycles. The summed E-state index contributed by atoms with van der Waals surface area (Å²) in [5.74, 6) is -0.195. The Morgan fingerprint density at radius 2 is 1.89 bits per heavy atom. The van der Waals surface area contributed by atoms with Gasteiger partial charge in [0.25, 0.3) is 0 Å². The molecule has 0 atom stereocenters. The van der Waals surface area contributed by atoms with Crippen LogP contribution >= 0.6 is 0 Å². The third kappa shape index (κ3) is 2.70. The Morgan fingerprint density at radius 1 is 1.16 bits per heavy atom. The lowest BCUT2D eigenvalue weighted by atomic mass is 10.1. The molecule has 0 amide bonds. The first-order chi connectivity index (χ1) is 8.99. The predicted octanol–water partition coefficient (Wildman–Crippen LogP) is 0.738. The van der Waals surface area contributed by atoms with Crippen LogP contribution in [0.2, 0.25) is 0 Å². The number of hydrogen-bond acceptors (Lipinski definition) is 3. The van der Waals surface area contributed by atoms with Crippen LogP contribution in [0.4, 0.5) is 0 Å². The maximum absolute atomic E-state index is 12.0. The fraction of sp³-hybridized carbons (Fsp3) is 0.214. The van der Waals surface area contributed by atoms with Gasteiger partial charge in [-0.25, -0.2) is 0 Å². The number of ketones is 1. The summed E-state index contributed by atoms with van der Waals surface area (Å²) in [6.45, 7) is 1.76. The number of Topliss-reactive ketones (excluding diaryl/α,β-unsaturated/α-hetero) is 1. The van der Waals surface area contributed by atoms with Gasteiger partial charge in [-0.05, 0) is 13.0 Å². The van der Waals surface area contributed by atoms with E-state index in [2.05, 4.69) is 0 Å². The maximum Gasteiger partial charge on any atom is 0.316 e. The van der Waals surface area contributed by atoms with Gasteiger partial charge in [0.15, 0.2) is 5.78 Å². The summed E-state index contributed by atoms with van der Waals surface area (Å²) in [7, 11) is 1.50. The fourth-order valence-corrected chi connectivity index (χ4v) is 1.78. The summed E-state index contributed by atoms with van der Waals surface area (Å²) < 4.78 is 2.32. The molecule has 0 aliphatic rings. The number of carbonyl (C=O) groups is 1. The molecule has 98 valence electrons. The first-order valence-electron chi connectivity index (χ1n) is 5.85. The molecular formula is C14H14N2O3. The number of hydrogen-bond donors (Lipinski definition) is 0. The highest BCUT2D eigenvalue weighted by Crippen LogP contribution is 2.05. The van der Waals surface area contributed by atoms with Crippen molar-refractivity contribution >= 4 is 5.78 Å². The van der Waals surface area contributed by atoms with Gasteiger partial charge in [0, 0.05) is 25.0 Å². The first kappa shape index (κ1) is 13.0. The molecule has 1 aromatic heterocycles. The standard InChI is InChI=1S/C14H14N2O3/c1-10-4-3-5-11(8-10)12(17)9-16-7-6-15(2)13(18)14(16)19/h3-8H,9H2,1-2H3. The van der Waals surface area contributed by atoms with E-state index < -0.39 is 11.1 Å². The third-order valence-electron chi connectivity index (χ3n) is 2.89. The molecule has 0 radical (unpaired) electrons. The second-order valence-electron chi connectivity index (χ2n) is 4.44. The van der Waals surface area contributed by atoms with E-state index in [1.807, 2.05) is 13.0 Å². The molecule has 0 aliphatic carbocycles. The van der Waals surface area contributed by atoms with Crippen LogP contribution < -0.4 is 11.1 Å². The van der Waals surface area contributed by atoms with Crippen LogP contribution in [0, 0.1) is 6.92 Å². The second-order valence-corrected chi connectivity index (χ2v) is 4.44. The lowest BCUT2D eigenvalue weighted by Crippen LogP contribution is -2.40. The highest BCUT2D eigenvalue weighted by molar-refractivity contribution is 5.96. The van der Waals surface area contributed by atoms with Crippen LogP contribution in [0.25, 0.3) is 0 Å². The molecule has 1 heterocycles. The zero-order chi connectivity index (χ0) is 14.0.